The van der Waals surface area contributed by atoms with Gasteiger partial charge in [0.2, 0.25) is 0 Å². The summed E-state index contributed by atoms with van der Waals surface area (Å²) < 4.78 is 8.84. The summed E-state index contributed by atoms with van der Waals surface area (Å²) in [5, 5.41) is 4.57. The quantitative estimate of drug-likeness (QED) is 0.172. The molecule has 0 atom stereocenters. The number of nitrogens with zero attached hydrogens (tertiary/aromatic N) is 4. The molecule has 8 aromatic carbocycles. The van der Waals surface area contributed by atoms with Crippen molar-refractivity contribution in [3.05, 3.63) is 194 Å². The summed E-state index contributed by atoms with van der Waals surface area (Å²) in [7, 11) is 0. The molecular weight excluding hydrogens is 685 g/mol. The van der Waals surface area contributed by atoms with E-state index in [2.05, 4.69) is 174 Å². The van der Waals surface area contributed by atoms with Gasteiger partial charge in [0.1, 0.15) is 11.2 Å². The lowest BCUT2D eigenvalue weighted by atomic mass is 9.97. The van der Waals surface area contributed by atoms with Gasteiger partial charge in [0.25, 0.3) is 0 Å². The molecular formula is C51H32N4O. The van der Waals surface area contributed by atoms with Crippen molar-refractivity contribution in [1.29, 1.82) is 0 Å². The highest BCUT2D eigenvalue weighted by atomic mass is 16.3. The Balaban J connectivity index is 1.12. The lowest BCUT2D eigenvalue weighted by molar-refractivity contribution is 0.669. The average Bonchev–Trinajstić information content (AvgIpc) is 3.83. The number of furan rings is 1. The van der Waals surface area contributed by atoms with E-state index >= 15 is 0 Å². The molecule has 262 valence electrons. The summed E-state index contributed by atoms with van der Waals surface area (Å²) >= 11 is 0. The normalized spacial score (nSPS) is 11.6. The molecule has 0 bridgehead atoms. The number of hydrogen-bond acceptors (Lipinski definition) is 4. The second-order valence-electron chi connectivity index (χ2n) is 14.0. The Morgan fingerprint density at radius 3 is 1.55 bits per heavy atom. The van der Waals surface area contributed by atoms with Crippen LogP contribution in [0.2, 0.25) is 0 Å². The predicted molar refractivity (Wildman–Crippen MR) is 229 cm³/mol. The molecule has 0 aliphatic rings. The van der Waals surface area contributed by atoms with Gasteiger partial charge in [-0.1, -0.05) is 152 Å². The van der Waals surface area contributed by atoms with Gasteiger partial charge in [0.05, 0.1) is 11.0 Å². The number of rotatable bonds is 6. The lowest BCUT2D eigenvalue weighted by Crippen LogP contribution is -2.01. The first kappa shape index (κ1) is 31.9. The molecule has 3 aromatic heterocycles. The zero-order valence-electron chi connectivity index (χ0n) is 30.2. The zero-order chi connectivity index (χ0) is 37.0. The first-order chi connectivity index (χ1) is 27.7. The highest BCUT2D eigenvalue weighted by molar-refractivity contribution is 6.13. The fourth-order valence-electron chi connectivity index (χ4n) is 8.02. The number of hydrogen-bond donors (Lipinski definition) is 0. The maximum atomic E-state index is 6.52. The average molecular weight is 717 g/mol. The molecule has 0 fully saturated rings. The van der Waals surface area contributed by atoms with Crippen molar-refractivity contribution < 1.29 is 4.42 Å². The van der Waals surface area contributed by atoms with Gasteiger partial charge in [0, 0.05) is 43.9 Å². The summed E-state index contributed by atoms with van der Waals surface area (Å²) in [4.78, 5) is 15.6. The van der Waals surface area contributed by atoms with Gasteiger partial charge in [0.15, 0.2) is 17.5 Å². The Kier molecular flexibility index (Phi) is 7.42. The van der Waals surface area contributed by atoms with Crippen LogP contribution >= 0.6 is 0 Å². The summed E-state index contributed by atoms with van der Waals surface area (Å²) in [6.45, 7) is 0. The monoisotopic (exact) mass is 716 g/mol. The Hall–Kier alpha value is -7.63. The first-order valence-corrected chi connectivity index (χ1v) is 18.8. The van der Waals surface area contributed by atoms with E-state index in [1.807, 2.05) is 24.3 Å². The van der Waals surface area contributed by atoms with E-state index in [9.17, 15) is 0 Å². The molecule has 0 radical (unpaired) electrons. The fraction of sp³-hybridized carbons (Fsp3) is 0. The van der Waals surface area contributed by atoms with E-state index in [0.717, 1.165) is 77.6 Å². The molecule has 0 saturated carbocycles. The molecule has 5 nitrogen and oxygen atoms in total. The molecule has 11 aromatic rings. The Labute approximate surface area is 322 Å². The van der Waals surface area contributed by atoms with Crippen LogP contribution < -0.4 is 0 Å². The second kappa shape index (κ2) is 13.0. The topological polar surface area (TPSA) is 56.7 Å². The van der Waals surface area contributed by atoms with Crippen molar-refractivity contribution in [3.8, 4) is 62.1 Å². The van der Waals surface area contributed by atoms with Gasteiger partial charge >= 0.3 is 0 Å². The fourth-order valence-corrected chi connectivity index (χ4v) is 8.02. The Morgan fingerprint density at radius 1 is 0.339 bits per heavy atom. The van der Waals surface area contributed by atoms with Crippen molar-refractivity contribution in [2.75, 3.05) is 0 Å². The first-order valence-electron chi connectivity index (χ1n) is 18.8. The van der Waals surface area contributed by atoms with Crippen LogP contribution in [0.4, 0.5) is 0 Å². The van der Waals surface area contributed by atoms with Crippen LogP contribution in [0.1, 0.15) is 0 Å². The highest BCUT2D eigenvalue weighted by Gasteiger charge is 2.19. The van der Waals surface area contributed by atoms with E-state index in [1.54, 1.807) is 0 Å². The van der Waals surface area contributed by atoms with E-state index < -0.39 is 0 Å². The molecule has 0 N–H and O–H groups in total. The standard InChI is InChI=1S/C51H32N4O/c1-3-14-33(15-4-1)34-26-28-36(29-27-34)49-52-50(37-18-13-19-39(30-37)55-44-23-10-7-20-40(44)41-21-8-11-24-45(41)55)54-51(53-49)38-31-43(35-16-5-2-6-17-35)48-42-22-9-12-25-46(42)56-47(48)32-38/h1-32H. The van der Waals surface area contributed by atoms with E-state index in [0.29, 0.717) is 17.5 Å². The van der Waals surface area contributed by atoms with Crippen molar-refractivity contribution in [3.63, 3.8) is 0 Å². The van der Waals surface area contributed by atoms with Crippen molar-refractivity contribution in [2.45, 2.75) is 0 Å². The van der Waals surface area contributed by atoms with E-state index in [1.165, 1.54) is 10.8 Å². The molecule has 0 amide bonds. The molecule has 56 heavy (non-hydrogen) atoms. The summed E-state index contributed by atoms with van der Waals surface area (Å²) in [5.74, 6) is 1.75. The molecule has 0 saturated heterocycles. The zero-order valence-corrected chi connectivity index (χ0v) is 30.2. The highest BCUT2D eigenvalue weighted by Crippen LogP contribution is 2.40. The minimum atomic E-state index is 0.568. The van der Waals surface area contributed by atoms with Crippen LogP contribution in [0.5, 0.6) is 0 Å². The summed E-state index contributed by atoms with van der Waals surface area (Å²) in [5.41, 5.74) is 12.0. The molecule has 11 rings (SSSR count). The SMILES string of the molecule is c1ccc(-c2ccc(-c3nc(-c4cccc(-n5c6ccccc6c6ccccc65)c4)nc(-c4cc(-c5ccccc5)c5c(c4)oc4ccccc45)n3)cc2)cc1. The minimum Gasteiger partial charge on any atom is -0.456 e. The van der Waals surface area contributed by atoms with Crippen LogP contribution in [0, 0.1) is 0 Å². The predicted octanol–water partition coefficient (Wildman–Crippen LogP) is 13.2. The number of aromatic nitrogens is 4. The van der Waals surface area contributed by atoms with Crippen LogP contribution in [-0.2, 0) is 0 Å². The van der Waals surface area contributed by atoms with Crippen LogP contribution in [0.15, 0.2) is 199 Å². The molecule has 3 heterocycles. The third-order valence-electron chi connectivity index (χ3n) is 10.6. The number of benzene rings is 8. The molecule has 0 spiro atoms. The van der Waals surface area contributed by atoms with Crippen LogP contribution in [0.3, 0.4) is 0 Å². The third kappa shape index (κ3) is 5.37. The van der Waals surface area contributed by atoms with E-state index in [-0.39, 0.29) is 0 Å². The van der Waals surface area contributed by atoms with Gasteiger partial charge < -0.3 is 8.98 Å². The van der Waals surface area contributed by atoms with E-state index in [4.69, 9.17) is 19.4 Å². The van der Waals surface area contributed by atoms with Gasteiger partial charge in [-0.2, -0.15) is 0 Å². The summed E-state index contributed by atoms with van der Waals surface area (Å²) in [6.07, 6.45) is 0. The van der Waals surface area contributed by atoms with Gasteiger partial charge in [-0.15, -0.1) is 0 Å². The van der Waals surface area contributed by atoms with Crippen LogP contribution in [-0.4, -0.2) is 19.5 Å². The maximum absolute atomic E-state index is 6.52. The van der Waals surface area contributed by atoms with Crippen LogP contribution in [0.25, 0.3) is 106 Å². The molecule has 0 aliphatic heterocycles. The number of fused-ring (bicyclic) bond motifs is 6. The lowest BCUT2D eigenvalue weighted by Gasteiger charge is -2.12. The van der Waals surface area contributed by atoms with Gasteiger partial charge in [-0.3, -0.25) is 0 Å². The Bertz CT molecular complexity index is 3180. The smallest absolute Gasteiger partial charge is 0.164 e. The minimum absolute atomic E-state index is 0.568. The van der Waals surface area contributed by atoms with Gasteiger partial charge in [-0.05, 0) is 64.7 Å². The van der Waals surface area contributed by atoms with Crippen molar-refractivity contribution in [1.82, 2.24) is 19.5 Å². The van der Waals surface area contributed by atoms with Crippen molar-refractivity contribution >= 4 is 43.7 Å². The Morgan fingerprint density at radius 2 is 0.857 bits per heavy atom. The van der Waals surface area contributed by atoms with Crippen molar-refractivity contribution in [2.24, 2.45) is 0 Å². The second-order valence-corrected chi connectivity index (χ2v) is 14.0. The largest absolute Gasteiger partial charge is 0.456 e. The van der Waals surface area contributed by atoms with Gasteiger partial charge in [-0.25, -0.2) is 15.0 Å². The maximum Gasteiger partial charge on any atom is 0.164 e. The summed E-state index contributed by atoms with van der Waals surface area (Å²) in [6, 6.07) is 67.4. The number of para-hydroxylation sites is 3. The molecule has 0 unspecified atom stereocenters. The molecule has 5 heteroatoms. The molecule has 0 aliphatic carbocycles. The third-order valence-corrected chi connectivity index (χ3v) is 10.6.